The number of carbonyl (C=O) groups excluding carboxylic acids is 1. The molecule has 0 aliphatic carbocycles. The molecular formula is C21H26N6O3. The third-order valence-corrected chi connectivity index (χ3v) is 6.59. The number of fused-ring (bicyclic) bond motifs is 1. The van der Waals surface area contributed by atoms with Gasteiger partial charge in [-0.15, -0.1) is 10.2 Å². The van der Waals surface area contributed by atoms with Crippen molar-refractivity contribution in [1.29, 1.82) is 0 Å². The van der Waals surface area contributed by atoms with Gasteiger partial charge in [-0.3, -0.25) is 14.9 Å². The number of hydrogen-bond donors (Lipinski definition) is 0. The molecule has 4 heterocycles. The largest absolute Gasteiger partial charge is 0.371 e. The Labute approximate surface area is 174 Å². The number of anilines is 1. The normalized spacial score (nSPS) is 21.1. The van der Waals surface area contributed by atoms with Gasteiger partial charge >= 0.3 is 0 Å². The third-order valence-electron chi connectivity index (χ3n) is 6.59. The highest BCUT2D eigenvalue weighted by atomic mass is 16.6. The Morgan fingerprint density at radius 2 is 1.90 bits per heavy atom. The van der Waals surface area contributed by atoms with Crippen LogP contribution in [0, 0.1) is 10.1 Å². The molecular weight excluding hydrogens is 384 g/mol. The number of rotatable bonds is 4. The average Bonchev–Trinajstić information content (AvgIpc) is 3.51. The number of piperidine rings is 1. The van der Waals surface area contributed by atoms with E-state index in [1.807, 2.05) is 0 Å². The Kier molecular flexibility index (Phi) is 4.88. The zero-order chi connectivity index (χ0) is 20.7. The fraction of sp³-hybridized carbons (Fsp3) is 0.571. The van der Waals surface area contributed by atoms with Crippen molar-refractivity contribution >= 4 is 17.3 Å². The van der Waals surface area contributed by atoms with Gasteiger partial charge in [-0.25, -0.2) is 0 Å². The summed E-state index contributed by atoms with van der Waals surface area (Å²) in [7, 11) is 0. The van der Waals surface area contributed by atoms with Crippen LogP contribution in [0.5, 0.6) is 0 Å². The Bertz CT molecular complexity index is 981. The lowest BCUT2D eigenvalue weighted by atomic mass is 9.96. The fourth-order valence-electron chi connectivity index (χ4n) is 5.04. The van der Waals surface area contributed by atoms with E-state index >= 15 is 0 Å². The van der Waals surface area contributed by atoms with Crippen molar-refractivity contribution < 1.29 is 9.72 Å². The number of aromatic nitrogens is 3. The molecule has 2 fully saturated rings. The van der Waals surface area contributed by atoms with Crippen LogP contribution in [-0.2, 0) is 13.0 Å². The molecule has 0 bridgehead atoms. The van der Waals surface area contributed by atoms with Crippen molar-refractivity contribution in [3.63, 3.8) is 0 Å². The van der Waals surface area contributed by atoms with Gasteiger partial charge in [-0.1, -0.05) is 0 Å². The van der Waals surface area contributed by atoms with Crippen LogP contribution in [0.25, 0.3) is 0 Å². The summed E-state index contributed by atoms with van der Waals surface area (Å²) >= 11 is 0. The van der Waals surface area contributed by atoms with Gasteiger partial charge < -0.3 is 14.4 Å². The summed E-state index contributed by atoms with van der Waals surface area (Å²) in [6, 6.07) is 4.97. The molecule has 30 heavy (non-hydrogen) atoms. The van der Waals surface area contributed by atoms with Gasteiger partial charge in [-0.05, 0) is 44.2 Å². The van der Waals surface area contributed by atoms with Crippen molar-refractivity contribution in [2.24, 2.45) is 0 Å². The zero-order valence-electron chi connectivity index (χ0n) is 17.0. The predicted molar refractivity (Wildman–Crippen MR) is 111 cm³/mol. The van der Waals surface area contributed by atoms with Crippen molar-refractivity contribution in [3.05, 3.63) is 45.5 Å². The summed E-state index contributed by atoms with van der Waals surface area (Å²) < 4.78 is 2.26. The summed E-state index contributed by atoms with van der Waals surface area (Å²) in [5.74, 6) is 2.19. The highest BCUT2D eigenvalue weighted by molar-refractivity contribution is 5.99. The standard InChI is InChI=1S/C21H26N6O3/c28-21(24-9-1-2-10-24)17-13-16(7-8-18(17)27(29)30)25-11-3-5-15(14-25)20-23-22-19-6-4-12-26(19)20/h7-8,13,15H,1-6,9-12,14H2. The van der Waals surface area contributed by atoms with Crippen molar-refractivity contribution in [1.82, 2.24) is 19.7 Å². The Morgan fingerprint density at radius 1 is 1.07 bits per heavy atom. The SMILES string of the molecule is O=C(c1cc(N2CCCC(c3nnc4n3CCC4)C2)ccc1[N+](=O)[O-])N1CCCC1. The first-order valence-corrected chi connectivity index (χ1v) is 10.9. The van der Waals surface area contributed by atoms with Gasteiger partial charge in [0.2, 0.25) is 0 Å². The molecule has 2 saturated heterocycles. The van der Waals surface area contributed by atoms with E-state index in [4.69, 9.17) is 0 Å². The van der Waals surface area contributed by atoms with Gasteiger partial charge in [0.05, 0.1) is 4.92 Å². The quantitative estimate of drug-likeness (QED) is 0.568. The molecule has 0 N–H and O–H groups in total. The van der Waals surface area contributed by atoms with Crippen molar-refractivity contribution in [2.45, 2.75) is 51.0 Å². The summed E-state index contributed by atoms with van der Waals surface area (Å²) in [6.45, 7) is 3.98. The minimum atomic E-state index is -0.453. The van der Waals surface area contributed by atoms with Crippen LogP contribution < -0.4 is 4.90 Å². The van der Waals surface area contributed by atoms with Gasteiger partial charge in [0, 0.05) is 56.8 Å². The topological polar surface area (TPSA) is 97.4 Å². The van der Waals surface area contributed by atoms with Gasteiger partial charge in [0.1, 0.15) is 17.2 Å². The van der Waals surface area contributed by atoms with E-state index in [2.05, 4.69) is 19.7 Å². The third kappa shape index (κ3) is 3.32. The maximum atomic E-state index is 13.0. The van der Waals surface area contributed by atoms with E-state index in [0.29, 0.717) is 13.1 Å². The first-order valence-electron chi connectivity index (χ1n) is 10.9. The molecule has 3 aliphatic heterocycles. The van der Waals surface area contributed by atoms with E-state index in [9.17, 15) is 14.9 Å². The second kappa shape index (κ2) is 7.70. The van der Waals surface area contributed by atoms with Gasteiger partial charge in [-0.2, -0.15) is 0 Å². The number of likely N-dealkylation sites (tertiary alicyclic amines) is 1. The predicted octanol–water partition coefficient (Wildman–Crippen LogP) is 2.75. The number of amides is 1. The summed E-state index contributed by atoms with van der Waals surface area (Å²) in [4.78, 5) is 28.0. The molecule has 1 atom stereocenters. The molecule has 158 valence electrons. The zero-order valence-corrected chi connectivity index (χ0v) is 17.0. The maximum Gasteiger partial charge on any atom is 0.282 e. The van der Waals surface area contributed by atoms with Crippen LogP contribution in [0.1, 0.15) is 60.0 Å². The lowest BCUT2D eigenvalue weighted by molar-refractivity contribution is -0.385. The van der Waals surface area contributed by atoms with Crippen LogP contribution in [0.3, 0.4) is 0 Å². The second-order valence-corrected chi connectivity index (χ2v) is 8.47. The number of aryl methyl sites for hydroxylation is 1. The van der Waals surface area contributed by atoms with E-state index in [-0.39, 0.29) is 23.1 Å². The van der Waals surface area contributed by atoms with Crippen LogP contribution in [0.15, 0.2) is 18.2 Å². The molecule has 0 radical (unpaired) electrons. The Hall–Kier alpha value is -2.97. The lowest BCUT2D eigenvalue weighted by Crippen LogP contribution is -2.35. The number of benzene rings is 1. The Morgan fingerprint density at radius 3 is 2.70 bits per heavy atom. The van der Waals surface area contributed by atoms with E-state index in [0.717, 1.165) is 75.5 Å². The van der Waals surface area contributed by atoms with Crippen molar-refractivity contribution in [2.75, 3.05) is 31.1 Å². The molecule has 0 spiro atoms. The average molecular weight is 410 g/mol. The van der Waals surface area contributed by atoms with Crippen LogP contribution in [-0.4, -0.2) is 56.7 Å². The molecule has 1 amide bonds. The molecule has 9 heteroatoms. The smallest absolute Gasteiger partial charge is 0.282 e. The fourth-order valence-corrected chi connectivity index (χ4v) is 5.04. The lowest BCUT2D eigenvalue weighted by Gasteiger charge is -2.34. The highest BCUT2D eigenvalue weighted by Crippen LogP contribution is 2.33. The second-order valence-electron chi connectivity index (χ2n) is 8.47. The summed E-state index contributed by atoms with van der Waals surface area (Å²) in [5.41, 5.74) is 0.957. The molecule has 1 aromatic heterocycles. The molecule has 3 aliphatic rings. The molecule has 5 rings (SSSR count). The molecule has 0 saturated carbocycles. The number of carbonyl (C=O) groups is 1. The number of nitrogens with zero attached hydrogens (tertiary/aromatic N) is 6. The summed E-state index contributed by atoms with van der Waals surface area (Å²) in [6.07, 6.45) is 6.10. The highest BCUT2D eigenvalue weighted by Gasteiger charge is 2.31. The minimum absolute atomic E-state index is 0.112. The molecule has 2 aromatic rings. The minimum Gasteiger partial charge on any atom is -0.371 e. The molecule has 9 nitrogen and oxygen atoms in total. The molecule has 1 aromatic carbocycles. The first-order chi connectivity index (χ1) is 14.6. The van der Waals surface area contributed by atoms with E-state index < -0.39 is 4.92 Å². The number of nitro groups is 1. The molecule has 1 unspecified atom stereocenters. The first kappa shape index (κ1) is 19.0. The van der Waals surface area contributed by atoms with E-state index in [1.54, 1.807) is 17.0 Å². The number of nitro benzene ring substituents is 1. The van der Waals surface area contributed by atoms with Gasteiger partial charge in [0.25, 0.3) is 11.6 Å². The van der Waals surface area contributed by atoms with Gasteiger partial charge in [0.15, 0.2) is 0 Å². The van der Waals surface area contributed by atoms with Crippen LogP contribution in [0.2, 0.25) is 0 Å². The number of hydrogen-bond acceptors (Lipinski definition) is 6. The maximum absolute atomic E-state index is 13.0. The Balaban J connectivity index is 1.42. The van der Waals surface area contributed by atoms with Crippen LogP contribution >= 0.6 is 0 Å². The van der Waals surface area contributed by atoms with Crippen LogP contribution in [0.4, 0.5) is 11.4 Å². The van der Waals surface area contributed by atoms with E-state index in [1.165, 1.54) is 6.07 Å². The monoisotopic (exact) mass is 410 g/mol. The summed E-state index contributed by atoms with van der Waals surface area (Å²) in [5, 5.41) is 20.4. The van der Waals surface area contributed by atoms with Crippen molar-refractivity contribution in [3.8, 4) is 0 Å².